The van der Waals surface area contributed by atoms with Crippen molar-refractivity contribution in [1.29, 1.82) is 0 Å². The lowest BCUT2D eigenvalue weighted by molar-refractivity contribution is -0.137. The molecular weight excluding hydrogens is 336 g/mol. The van der Waals surface area contributed by atoms with Crippen LogP contribution in [0.25, 0.3) is 6.08 Å². The van der Waals surface area contributed by atoms with Crippen molar-refractivity contribution in [3.63, 3.8) is 0 Å². The fourth-order valence-corrected chi connectivity index (χ4v) is 2.27. The molecule has 0 fully saturated rings. The summed E-state index contributed by atoms with van der Waals surface area (Å²) in [5, 5.41) is 0.578. The molecule has 0 saturated heterocycles. The Balaban J connectivity index is 2.23. The molecule has 0 N–H and O–H groups in total. The Morgan fingerprint density at radius 2 is 1.77 bits per heavy atom. The molecule has 0 atom stereocenters. The predicted molar refractivity (Wildman–Crippen MR) is 81.3 cm³/mol. The Bertz CT molecular complexity index is 736. The summed E-state index contributed by atoms with van der Waals surface area (Å²) in [6.45, 7) is 0. The number of allylic oxidation sites excluding steroid dienone is 1. The van der Waals surface area contributed by atoms with Crippen molar-refractivity contribution in [1.82, 2.24) is 0 Å². The van der Waals surface area contributed by atoms with E-state index < -0.39 is 17.5 Å². The molecule has 0 amide bonds. The summed E-state index contributed by atoms with van der Waals surface area (Å²) in [7, 11) is 0. The molecule has 1 nitrogen and oxygen atoms in total. The van der Waals surface area contributed by atoms with Gasteiger partial charge in [0.05, 0.1) is 10.6 Å². The molecule has 0 bridgehead atoms. The molecule has 0 spiro atoms. The van der Waals surface area contributed by atoms with E-state index in [1.807, 2.05) is 0 Å². The van der Waals surface area contributed by atoms with Gasteiger partial charge in [-0.3, -0.25) is 4.79 Å². The van der Waals surface area contributed by atoms with E-state index in [9.17, 15) is 18.0 Å². The van der Waals surface area contributed by atoms with Gasteiger partial charge in [0.2, 0.25) is 0 Å². The minimum atomic E-state index is -4.42. The first kappa shape index (κ1) is 16.6. The van der Waals surface area contributed by atoms with Crippen LogP contribution < -0.4 is 0 Å². The number of benzene rings is 2. The zero-order valence-corrected chi connectivity index (χ0v) is 12.5. The minimum absolute atomic E-state index is 0.186. The lowest BCUT2D eigenvalue weighted by Crippen LogP contribution is -2.04. The summed E-state index contributed by atoms with van der Waals surface area (Å²) in [6, 6.07) is 9.09. The fraction of sp³-hybridized carbons (Fsp3) is 0.0625. The highest BCUT2D eigenvalue weighted by molar-refractivity contribution is 6.37. The second-order valence-electron chi connectivity index (χ2n) is 4.44. The number of carbonyl (C=O) groups excluding carboxylic acids is 1. The van der Waals surface area contributed by atoms with Crippen LogP contribution in [0.2, 0.25) is 10.0 Å². The summed E-state index contributed by atoms with van der Waals surface area (Å²) in [6.07, 6.45) is -1.94. The third-order valence-electron chi connectivity index (χ3n) is 2.84. The Morgan fingerprint density at radius 1 is 1.05 bits per heavy atom. The minimum Gasteiger partial charge on any atom is -0.289 e. The van der Waals surface area contributed by atoms with Gasteiger partial charge in [-0.05, 0) is 42.0 Å². The molecule has 0 saturated carbocycles. The standard InChI is InChI=1S/C16H9Cl2F3O/c17-12-5-6-13(14(18)9-12)15(22)7-4-10-2-1-3-11(8-10)16(19,20)21/h1-9H. The molecule has 0 aliphatic carbocycles. The highest BCUT2D eigenvalue weighted by Gasteiger charge is 2.30. The van der Waals surface area contributed by atoms with Gasteiger partial charge in [-0.15, -0.1) is 0 Å². The lowest BCUT2D eigenvalue weighted by Gasteiger charge is -2.06. The molecule has 0 radical (unpaired) electrons. The van der Waals surface area contributed by atoms with Crippen LogP contribution in [-0.4, -0.2) is 5.78 Å². The molecule has 6 heteroatoms. The molecule has 0 aromatic heterocycles. The molecule has 0 heterocycles. The average molecular weight is 345 g/mol. The number of rotatable bonds is 3. The second kappa shape index (κ2) is 6.55. The van der Waals surface area contributed by atoms with Crippen LogP contribution in [0.3, 0.4) is 0 Å². The topological polar surface area (TPSA) is 17.1 Å². The van der Waals surface area contributed by atoms with Crippen LogP contribution in [0, 0.1) is 0 Å². The largest absolute Gasteiger partial charge is 0.416 e. The van der Waals surface area contributed by atoms with Crippen molar-refractivity contribution in [2.45, 2.75) is 6.18 Å². The Labute approximate surface area is 135 Å². The van der Waals surface area contributed by atoms with Crippen LogP contribution in [0.1, 0.15) is 21.5 Å². The summed E-state index contributed by atoms with van der Waals surface area (Å²) in [5.41, 5.74) is -0.269. The molecule has 0 aliphatic rings. The Morgan fingerprint density at radius 3 is 2.41 bits per heavy atom. The van der Waals surface area contributed by atoms with Crippen LogP contribution in [0.15, 0.2) is 48.5 Å². The molecule has 2 aromatic rings. The van der Waals surface area contributed by atoms with E-state index in [-0.39, 0.29) is 16.1 Å². The van der Waals surface area contributed by atoms with Crippen molar-refractivity contribution in [2.24, 2.45) is 0 Å². The van der Waals surface area contributed by atoms with E-state index in [4.69, 9.17) is 23.2 Å². The third kappa shape index (κ3) is 4.12. The van der Waals surface area contributed by atoms with Gasteiger partial charge in [-0.2, -0.15) is 13.2 Å². The van der Waals surface area contributed by atoms with Crippen molar-refractivity contribution in [3.05, 3.63) is 75.3 Å². The number of halogens is 5. The zero-order valence-electron chi connectivity index (χ0n) is 11.0. The fourth-order valence-electron chi connectivity index (χ4n) is 1.77. The second-order valence-corrected chi connectivity index (χ2v) is 5.29. The third-order valence-corrected chi connectivity index (χ3v) is 3.39. The van der Waals surface area contributed by atoms with E-state index >= 15 is 0 Å². The van der Waals surface area contributed by atoms with Gasteiger partial charge in [-0.25, -0.2) is 0 Å². The smallest absolute Gasteiger partial charge is 0.289 e. The average Bonchev–Trinajstić information content (AvgIpc) is 2.44. The van der Waals surface area contributed by atoms with Crippen LogP contribution >= 0.6 is 23.2 Å². The first-order valence-electron chi connectivity index (χ1n) is 6.12. The molecule has 0 aliphatic heterocycles. The first-order chi connectivity index (χ1) is 10.3. The number of hydrogen-bond donors (Lipinski definition) is 0. The van der Waals surface area contributed by atoms with E-state index in [1.54, 1.807) is 0 Å². The number of ketones is 1. The van der Waals surface area contributed by atoms with Crippen molar-refractivity contribution < 1.29 is 18.0 Å². The SMILES string of the molecule is O=C(C=Cc1cccc(C(F)(F)F)c1)c1ccc(Cl)cc1Cl. The highest BCUT2D eigenvalue weighted by atomic mass is 35.5. The van der Waals surface area contributed by atoms with Gasteiger partial charge < -0.3 is 0 Å². The summed E-state index contributed by atoms with van der Waals surface area (Å²) < 4.78 is 37.8. The number of hydrogen-bond acceptors (Lipinski definition) is 1. The summed E-state index contributed by atoms with van der Waals surface area (Å²) >= 11 is 11.6. The Hall–Kier alpha value is -1.78. The van der Waals surface area contributed by atoms with Crippen LogP contribution in [-0.2, 0) is 6.18 Å². The molecule has 114 valence electrons. The normalized spacial score (nSPS) is 11.9. The summed E-state index contributed by atoms with van der Waals surface area (Å²) in [5.74, 6) is -0.418. The van der Waals surface area contributed by atoms with Crippen molar-refractivity contribution >= 4 is 35.1 Å². The van der Waals surface area contributed by atoms with Crippen molar-refractivity contribution in [3.8, 4) is 0 Å². The Kier molecular flexibility index (Phi) is 4.94. The van der Waals surface area contributed by atoms with Gasteiger partial charge in [0.25, 0.3) is 0 Å². The van der Waals surface area contributed by atoms with E-state index in [0.29, 0.717) is 5.02 Å². The number of carbonyl (C=O) groups is 1. The van der Waals surface area contributed by atoms with Gasteiger partial charge in [0.15, 0.2) is 5.78 Å². The maximum absolute atomic E-state index is 12.6. The predicted octanol–water partition coefficient (Wildman–Crippen LogP) is 5.91. The van der Waals surface area contributed by atoms with Crippen molar-refractivity contribution in [2.75, 3.05) is 0 Å². The lowest BCUT2D eigenvalue weighted by atomic mass is 10.1. The summed E-state index contributed by atoms with van der Waals surface area (Å²) in [4.78, 5) is 12.0. The van der Waals surface area contributed by atoms with Gasteiger partial charge >= 0.3 is 6.18 Å². The van der Waals surface area contributed by atoms with Gasteiger partial charge in [0, 0.05) is 10.6 Å². The molecule has 2 rings (SSSR count). The quantitative estimate of drug-likeness (QED) is 0.499. The monoisotopic (exact) mass is 344 g/mol. The first-order valence-corrected chi connectivity index (χ1v) is 6.88. The highest BCUT2D eigenvalue weighted by Crippen LogP contribution is 2.29. The van der Waals surface area contributed by atoms with Gasteiger partial charge in [-0.1, -0.05) is 41.4 Å². The molecular formula is C16H9Cl2F3O. The van der Waals surface area contributed by atoms with Crippen LogP contribution in [0.4, 0.5) is 13.2 Å². The number of alkyl halides is 3. The van der Waals surface area contributed by atoms with Crippen LogP contribution in [0.5, 0.6) is 0 Å². The maximum Gasteiger partial charge on any atom is 0.416 e. The van der Waals surface area contributed by atoms with E-state index in [2.05, 4.69) is 0 Å². The molecule has 0 unspecified atom stereocenters. The van der Waals surface area contributed by atoms with Gasteiger partial charge in [0.1, 0.15) is 0 Å². The maximum atomic E-state index is 12.6. The van der Waals surface area contributed by atoms with E-state index in [0.717, 1.165) is 12.1 Å². The zero-order chi connectivity index (χ0) is 16.3. The van der Waals surface area contributed by atoms with E-state index in [1.165, 1.54) is 42.5 Å². The molecule has 22 heavy (non-hydrogen) atoms. The molecule has 2 aromatic carbocycles.